The molecule has 1 aromatic carbocycles. The first-order valence-corrected chi connectivity index (χ1v) is 7.76. The van der Waals surface area contributed by atoms with Gasteiger partial charge in [0.2, 0.25) is 0 Å². The number of carbonyl (C=O) groups is 1. The van der Waals surface area contributed by atoms with E-state index in [1.807, 2.05) is 38.1 Å². The van der Waals surface area contributed by atoms with Gasteiger partial charge in [0.05, 0.1) is 0 Å². The summed E-state index contributed by atoms with van der Waals surface area (Å²) < 4.78 is 0. The third kappa shape index (κ3) is 4.59. The normalized spacial score (nSPS) is 21.9. The first-order valence-electron chi connectivity index (χ1n) is 7.76. The summed E-state index contributed by atoms with van der Waals surface area (Å²) in [6.07, 6.45) is 4.61. The molecule has 1 aliphatic carbocycles. The van der Waals surface area contributed by atoms with Crippen molar-refractivity contribution < 1.29 is 4.79 Å². The number of rotatable bonds is 4. The zero-order chi connectivity index (χ0) is 15.2. The zero-order valence-corrected chi connectivity index (χ0v) is 13.1. The van der Waals surface area contributed by atoms with E-state index in [1.54, 1.807) is 0 Å². The molecule has 1 aliphatic rings. The van der Waals surface area contributed by atoms with E-state index in [-0.39, 0.29) is 11.9 Å². The molecule has 2 rings (SSSR count). The van der Waals surface area contributed by atoms with Crippen LogP contribution in [0.5, 0.6) is 0 Å². The maximum absolute atomic E-state index is 12.1. The molecule has 1 amide bonds. The molecular weight excluding hydrogens is 262 g/mol. The molecule has 1 saturated carbocycles. The molecule has 0 heterocycles. The smallest absolute Gasteiger partial charge is 0.262 e. The lowest BCUT2D eigenvalue weighted by Gasteiger charge is -2.20. The molecule has 0 spiro atoms. The highest BCUT2D eigenvalue weighted by Crippen LogP contribution is 2.20. The van der Waals surface area contributed by atoms with E-state index in [2.05, 4.69) is 22.8 Å². The predicted octanol–water partition coefficient (Wildman–Crippen LogP) is 3.48. The Hall–Kier alpha value is -1.84. The molecule has 114 valence electrons. The van der Waals surface area contributed by atoms with Gasteiger partial charge in [0.25, 0.3) is 5.91 Å². The first-order chi connectivity index (χ1) is 10.1. The number of benzene rings is 1. The Kier molecular flexibility index (Phi) is 5.37. The molecule has 4 heteroatoms. The highest BCUT2D eigenvalue weighted by Gasteiger charge is 2.17. The summed E-state index contributed by atoms with van der Waals surface area (Å²) in [6, 6.07) is 7.69. The SMILES string of the molecule is Cc1cccc(NC(C)C(=O)N/N=C2/CCCCC2C)c1. The molecular formula is C17H25N3O. The molecule has 0 bridgehead atoms. The van der Waals surface area contributed by atoms with Gasteiger partial charge >= 0.3 is 0 Å². The number of amides is 1. The Balaban J connectivity index is 1.89. The highest BCUT2D eigenvalue weighted by atomic mass is 16.2. The van der Waals surface area contributed by atoms with Crippen molar-refractivity contribution in [2.75, 3.05) is 5.32 Å². The minimum Gasteiger partial charge on any atom is -0.374 e. The number of nitrogens with one attached hydrogen (secondary N) is 2. The van der Waals surface area contributed by atoms with Gasteiger partial charge < -0.3 is 5.32 Å². The van der Waals surface area contributed by atoms with Gasteiger partial charge in [0.1, 0.15) is 6.04 Å². The second-order valence-corrected chi connectivity index (χ2v) is 5.96. The Morgan fingerprint density at radius 1 is 1.38 bits per heavy atom. The Morgan fingerprint density at radius 3 is 2.90 bits per heavy atom. The van der Waals surface area contributed by atoms with Crippen LogP contribution in [-0.2, 0) is 4.79 Å². The number of hydrogen-bond acceptors (Lipinski definition) is 3. The van der Waals surface area contributed by atoms with Crippen molar-refractivity contribution >= 4 is 17.3 Å². The van der Waals surface area contributed by atoms with Crippen LogP contribution >= 0.6 is 0 Å². The van der Waals surface area contributed by atoms with Gasteiger partial charge in [-0.1, -0.05) is 25.5 Å². The minimum atomic E-state index is -0.310. The van der Waals surface area contributed by atoms with Gasteiger partial charge in [0.15, 0.2) is 0 Å². The predicted molar refractivity (Wildman–Crippen MR) is 87.5 cm³/mol. The van der Waals surface area contributed by atoms with Crippen LogP contribution in [0.3, 0.4) is 0 Å². The van der Waals surface area contributed by atoms with Crippen molar-refractivity contribution in [1.29, 1.82) is 0 Å². The van der Waals surface area contributed by atoms with E-state index < -0.39 is 0 Å². The van der Waals surface area contributed by atoms with E-state index in [4.69, 9.17) is 0 Å². The fourth-order valence-electron chi connectivity index (χ4n) is 2.61. The fraction of sp³-hybridized carbons (Fsp3) is 0.529. The molecule has 0 aliphatic heterocycles. The van der Waals surface area contributed by atoms with Crippen LogP contribution in [0.2, 0.25) is 0 Å². The number of anilines is 1. The monoisotopic (exact) mass is 287 g/mol. The lowest BCUT2D eigenvalue weighted by Crippen LogP contribution is -2.36. The highest BCUT2D eigenvalue weighted by molar-refractivity contribution is 5.90. The molecule has 0 radical (unpaired) electrons. The standard InChI is InChI=1S/C17H25N3O/c1-12-7-6-9-15(11-12)18-14(3)17(21)20-19-16-10-5-4-8-13(16)2/h6-7,9,11,13-14,18H,4-5,8,10H2,1-3H3,(H,20,21)/b19-16-. The lowest BCUT2D eigenvalue weighted by atomic mass is 9.89. The van der Waals surface area contributed by atoms with Crippen molar-refractivity contribution in [2.24, 2.45) is 11.0 Å². The van der Waals surface area contributed by atoms with Crippen LogP contribution in [0.25, 0.3) is 0 Å². The summed E-state index contributed by atoms with van der Waals surface area (Å²) in [6.45, 7) is 6.06. The van der Waals surface area contributed by atoms with Crippen LogP contribution in [0.4, 0.5) is 5.69 Å². The summed E-state index contributed by atoms with van der Waals surface area (Å²) in [5.41, 5.74) is 5.95. The van der Waals surface area contributed by atoms with Gasteiger partial charge in [-0.3, -0.25) is 4.79 Å². The first kappa shape index (κ1) is 15.5. The molecule has 4 nitrogen and oxygen atoms in total. The Bertz CT molecular complexity index is 525. The van der Waals surface area contributed by atoms with Crippen molar-refractivity contribution in [3.63, 3.8) is 0 Å². The van der Waals surface area contributed by atoms with Gasteiger partial charge in [-0.05, 0) is 56.7 Å². The zero-order valence-electron chi connectivity index (χ0n) is 13.1. The maximum atomic E-state index is 12.1. The topological polar surface area (TPSA) is 53.5 Å². The number of carbonyl (C=O) groups excluding carboxylic acids is 1. The molecule has 2 unspecified atom stereocenters. The molecule has 2 atom stereocenters. The van der Waals surface area contributed by atoms with Gasteiger partial charge in [0, 0.05) is 11.4 Å². The van der Waals surface area contributed by atoms with E-state index in [0.29, 0.717) is 5.92 Å². The van der Waals surface area contributed by atoms with Gasteiger partial charge in [-0.25, -0.2) is 5.43 Å². The van der Waals surface area contributed by atoms with E-state index >= 15 is 0 Å². The van der Waals surface area contributed by atoms with Crippen LogP contribution in [-0.4, -0.2) is 17.7 Å². The number of nitrogens with zero attached hydrogens (tertiary/aromatic N) is 1. The van der Waals surface area contributed by atoms with Crippen LogP contribution < -0.4 is 10.7 Å². The summed E-state index contributed by atoms with van der Waals surface area (Å²) in [7, 11) is 0. The van der Waals surface area contributed by atoms with E-state index in [9.17, 15) is 4.79 Å². The van der Waals surface area contributed by atoms with Crippen LogP contribution in [0, 0.1) is 12.8 Å². The average molecular weight is 287 g/mol. The number of aryl methyl sites for hydroxylation is 1. The summed E-state index contributed by atoms with van der Waals surface area (Å²) in [5.74, 6) is 0.390. The molecule has 1 fully saturated rings. The lowest BCUT2D eigenvalue weighted by molar-refractivity contribution is -0.121. The van der Waals surface area contributed by atoms with Crippen LogP contribution in [0.15, 0.2) is 29.4 Å². The minimum absolute atomic E-state index is 0.0956. The Morgan fingerprint density at radius 2 is 2.19 bits per heavy atom. The maximum Gasteiger partial charge on any atom is 0.262 e. The summed E-state index contributed by atoms with van der Waals surface area (Å²) in [4.78, 5) is 12.1. The summed E-state index contributed by atoms with van der Waals surface area (Å²) >= 11 is 0. The van der Waals surface area contributed by atoms with Crippen molar-refractivity contribution in [1.82, 2.24) is 5.43 Å². The van der Waals surface area contributed by atoms with Crippen molar-refractivity contribution in [3.8, 4) is 0 Å². The number of hydrogen-bond donors (Lipinski definition) is 2. The summed E-state index contributed by atoms with van der Waals surface area (Å²) in [5, 5.41) is 7.52. The quantitative estimate of drug-likeness (QED) is 0.833. The fourth-order valence-corrected chi connectivity index (χ4v) is 2.61. The largest absolute Gasteiger partial charge is 0.374 e. The van der Waals surface area contributed by atoms with Gasteiger partial charge in [-0.2, -0.15) is 5.10 Å². The molecule has 2 N–H and O–H groups in total. The van der Waals surface area contributed by atoms with E-state index in [1.165, 1.54) is 24.8 Å². The second-order valence-electron chi connectivity index (χ2n) is 5.96. The van der Waals surface area contributed by atoms with Crippen molar-refractivity contribution in [2.45, 2.75) is 52.5 Å². The third-order valence-electron chi connectivity index (χ3n) is 3.99. The third-order valence-corrected chi connectivity index (χ3v) is 3.99. The van der Waals surface area contributed by atoms with Crippen molar-refractivity contribution in [3.05, 3.63) is 29.8 Å². The van der Waals surface area contributed by atoms with Crippen LogP contribution in [0.1, 0.15) is 45.1 Å². The molecule has 21 heavy (non-hydrogen) atoms. The molecule has 1 aromatic rings. The molecule has 0 saturated heterocycles. The average Bonchev–Trinajstić information content (AvgIpc) is 2.46. The number of hydrazone groups is 1. The van der Waals surface area contributed by atoms with E-state index in [0.717, 1.165) is 17.8 Å². The Labute approximate surface area is 127 Å². The second kappa shape index (κ2) is 7.25. The molecule has 0 aromatic heterocycles. The van der Waals surface area contributed by atoms with Gasteiger partial charge in [-0.15, -0.1) is 0 Å².